The molecule has 0 bridgehead atoms. The van der Waals surface area contributed by atoms with E-state index in [9.17, 15) is 32.7 Å². The topological polar surface area (TPSA) is 201 Å². The highest BCUT2D eigenvalue weighted by Crippen LogP contribution is 2.34. The number of phenols is 1. The molecule has 246 valence electrons. The van der Waals surface area contributed by atoms with Crippen LogP contribution >= 0.6 is 34.8 Å². The Kier molecular flexibility index (Phi) is 18.9. The van der Waals surface area contributed by atoms with E-state index in [2.05, 4.69) is 28.0 Å². The van der Waals surface area contributed by atoms with Gasteiger partial charge in [-0.15, -0.1) is 0 Å². The summed E-state index contributed by atoms with van der Waals surface area (Å²) in [4.78, 5) is 45.0. The molecule has 0 saturated carbocycles. The molecule has 2 unspecified atom stereocenters. The maximum absolute atomic E-state index is 11.1. The smallest absolute Gasteiger partial charge is 0.508 e. The number of nitrogens with zero attached hydrogens (tertiary/aromatic N) is 1. The van der Waals surface area contributed by atoms with Crippen LogP contribution in [-0.4, -0.2) is 103 Å². The van der Waals surface area contributed by atoms with Crippen LogP contribution in [0, 0.1) is 0 Å². The first-order valence-corrected chi connectivity index (χ1v) is 15.0. The highest BCUT2D eigenvalue weighted by atomic mass is 35.6. The van der Waals surface area contributed by atoms with E-state index in [1.165, 1.54) is 13.8 Å². The zero-order valence-electron chi connectivity index (χ0n) is 23.7. The van der Waals surface area contributed by atoms with Crippen molar-refractivity contribution >= 4 is 69.2 Å². The summed E-state index contributed by atoms with van der Waals surface area (Å²) in [6.45, 7) is 10.4. The first-order chi connectivity index (χ1) is 19.9. The lowest BCUT2D eigenvalue weighted by molar-refractivity contribution is -0.153. The number of hydrogen-bond acceptors (Lipinski definition) is 14. The van der Waals surface area contributed by atoms with E-state index < -0.39 is 49.7 Å². The number of morpholine rings is 1. The summed E-state index contributed by atoms with van der Waals surface area (Å²) >= 11 is 15.1. The molecule has 43 heavy (non-hydrogen) atoms. The molecule has 1 aromatic carbocycles. The fourth-order valence-corrected chi connectivity index (χ4v) is 3.34. The first kappa shape index (κ1) is 40.2. The standard InChI is InChI=1S/C11H15NO2.C7H9Cl3O7S.C6H10O5/c13-11-3-1-2-10(8-11)9-12-4-6-14-7-5-12;1-3-15-5(11)4(2)16-6(12)17-18(13,14)7(8,9)10;1-3-10-5(7)4(2)11-6(8)9/h1-3,8,13H,4-7,9H2;4H,3H2,1-2H3;4H,3H2,1-2H3,(H,8,9). The van der Waals surface area contributed by atoms with Gasteiger partial charge in [0.15, 0.2) is 12.2 Å². The lowest BCUT2D eigenvalue weighted by atomic mass is 10.2. The van der Waals surface area contributed by atoms with Gasteiger partial charge >= 0.3 is 37.5 Å². The number of aromatic hydroxyl groups is 1. The summed E-state index contributed by atoms with van der Waals surface area (Å²) in [6, 6.07) is 7.43. The highest BCUT2D eigenvalue weighted by Gasteiger charge is 2.42. The molecular weight excluding hydrogens is 665 g/mol. The highest BCUT2D eigenvalue weighted by molar-refractivity contribution is 7.93. The summed E-state index contributed by atoms with van der Waals surface area (Å²) < 4.78 is 45.8. The average molecular weight is 699 g/mol. The van der Waals surface area contributed by atoms with Crippen LogP contribution in [0.3, 0.4) is 0 Å². The fraction of sp³-hybridized carbons (Fsp3) is 0.583. The average Bonchev–Trinajstić information content (AvgIpc) is 2.89. The number of benzene rings is 1. The van der Waals surface area contributed by atoms with E-state index in [4.69, 9.17) is 44.6 Å². The third-order valence-electron chi connectivity index (χ3n) is 4.67. The van der Waals surface area contributed by atoms with E-state index in [0.717, 1.165) is 45.3 Å². The Labute approximate surface area is 263 Å². The van der Waals surface area contributed by atoms with Crippen LogP contribution < -0.4 is 0 Å². The summed E-state index contributed by atoms with van der Waals surface area (Å²) in [5, 5.41) is 17.4. The lowest BCUT2D eigenvalue weighted by Crippen LogP contribution is -2.35. The number of halogens is 3. The molecule has 1 aliphatic heterocycles. The zero-order valence-corrected chi connectivity index (χ0v) is 26.8. The van der Waals surface area contributed by atoms with Crippen LogP contribution in [-0.2, 0) is 54.1 Å². The quantitative estimate of drug-likeness (QED) is 0.164. The Hall–Kier alpha value is -2.76. The van der Waals surface area contributed by atoms with Crippen molar-refractivity contribution in [3.63, 3.8) is 0 Å². The number of phenolic OH excluding ortho intramolecular Hbond substituents is 1. The monoisotopic (exact) mass is 697 g/mol. The van der Waals surface area contributed by atoms with Crippen molar-refractivity contribution in [2.45, 2.75) is 49.6 Å². The predicted octanol–water partition coefficient (Wildman–Crippen LogP) is 3.61. The molecule has 15 nitrogen and oxygen atoms in total. The normalized spacial score (nSPS) is 14.7. The van der Waals surface area contributed by atoms with Crippen LogP contribution in [0.1, 0.15) is 33.3 Å². The largest absolute Gasteiger partial charge is 0.525 e. The fourth-order valence-electron chi connectivity index (χ4n) is 2.74. The van der Waals surface area contributed by atoms with Gasteiger partial charge in [0.1, 0.15) is 5.75 Å². The Bertz CT molecular complexity index is 1140. The van der Waals surface area contributed by atoms with Crippen molar-refractivity contribution in [1.29, 1.82) is 0 Å². The van der Waals surface area contributed by atoms with Crippen LogP contribution in [0.25, 0.3) is 0 Å². The number of carboxylic acid groups (broad SMARTS) is 1. The van der Waals surface area contributed by atoms with E-state index in [-0.39, 0.29) is 13.2 Å². The second kappa shape index (κ2) is 20.2. The third-order valence-corrected chi connectivity index (χ3v) is 7.29. The van der Waals surface area contributed by atoms with E-state index in [0.29, 0.717) is 5.75 Å². The van der Waals surface area contributed by atoms with Gasteiger partial charge in [-0.25, -0.2) is 19.2 Å². The van der Waals surface area contributed by atoms with Gasteiger partial charge in [0.05, 0.1) is 26.4 Å². The van der Waals surface area contributed by atoms with Gasteiger partial charge in [0, 0.05) is 19.6 Å². The maximum Gasteiger partial charge on any atom is 0.525 e. The van der Waals surface area contributed by atoms with E-state index >= 15 is 0 Å². The van der Waals surface area contributed by atoms with Crippen molar-refractivity contribution in [2.75, 3.05) is 39.5 Å². The Morgan fingerprint density at radius 2 is 1.49 bits per heavy atom. The van der Waals surface area contributed by atoms with E-state index in [1.807, 2.05) is 18.2 Å². The molecule has 1 heterocycles. The second-order valence-electron chi connectivity index (χ2n) is 8.08. The Morgan fingerprint density at radius 1 is 0.977 bits per heavy atom. The predicted molar refractivity (Wildman–Crippen MR) is 152 cm³/mol. The molecule has 19 heteroatoms. The molecule has 2 rings (SSSR count). The summed E-state index contributed by atoms with van der Waals surface area (Å²) in [5.74, 6) is -1.20. The van der Waals surface area contributed by atoms with Gasteiger partial charge < -0.3 is 38.1 Å². The minimum absolute atomic E-state index is 0.0635. The number of ether oxygens (including phenoxy) is 5. The van der Waals surface area contributed by atoms with Crippen molar-refractivity contribution in [3.8, 4) is 5.75 Å². The lowest BCUT2D eigenvalue weighted by Gasteiger charge is -2.26. The first-order valence-electron chi connectivity index (χ1n) is 12.5. The number of alkyl halides is 3. The van der Waals surface area contributed by atoms with Gasteiger partial charge in [0.2, 0.25) is 0 Å². The number of esters is 2. The molecule has 0 radical (unpaired) electrons. The molecular formula is C24H34Cl3NO14S. The van der Waals surface area contributed by atoms with Crippen LogP contribution in [0.5, 0.6) is 5.75 Å². The number of hydrogen-bond donors (Lipinski definition) is 2. The van der Waals surface area contributed by atoms with E-state index in [1.54, 1.807) is 13.0 Å². The van der Waals surface area contributed by atoms with Gasteiger partial charge in [-0.2, -0.15) is 8.42 Å². The summed E-state index contributed by atoms with van der Waals surface area (Å²) in [6.07, 6.45) is -5.59. The molecule has 1 aliphatic rings. The molecule has 2 N–H and O–H groups in total. The van der Waals surface area contributed by atoms with Gasteiger partial charge in [-0.1, -0.05) is 46.9 Å². The number of rotatable bonds is 9. The molecule has 0 aromatic heterocycles. The minimum Gasteiger partial charge on any atom is -0.508 e. The van der Waals surface area contributed by atoms with Crippen LogP contribution in [0.4, 0.5) is 9.59 Å². The molecule has 1 saturated heterocycles. The zero-order chi connectivity index (χ0) is 33.2. The van der Waals surface area contributed by atoms with Crippen molar-refractivity contribution in [2.24, 2.45) is 0 Å². The number of carbonyl (C=O) groups excluding carboxylic acids is 3. The molecule has 1 aromatic rings. The molecule has 1 fully saturated rings. The van der Waals surface area contributed by atoms with Gasteiger partial charge in [-0.05, 0) is 45.4 Å². The maximum atomic E-state index is 11.1. The molecule has 0 amide bonds. The molecule has 0 aliphatic carbocycles. The minimum atomic E-state index is -4.81. The Morgan fingerprint density at radius 3 is 1.93 bits per heavy atom. The van der Waals surface area contributed by atoms with Crippen molar-refractivity contribution in [1.82, 2.24) is 4.90 Å². The molecule has 0 spiro atoms. The van der Waals surface area contributed by atoms with Crippen LogP contribution in [0.2, 0.25) is 0 Å². The third kappa shape index (κ3) is 17.8. The van der Waals surface area contributed by atoms with Crippen molar-refractivity contribution in [3.05, 3.63) is 29.8 Å². The second-order valence-corrected chi connectivity index (χ2v) is 12.7. The Balaban J connectivity index is 0.000000634. The SMILES string of the molecule is CCOC(=O)C(C)OC(=O)O.CCOC(=O)C(C)OC(=O)OS(=O)(=O)C(Cl)(Cl)Cl.Oc1cccc(CN2CCOCC2)c1. The number of carbonyl (C=O) groups is 4. The van der Waals surface area contributed by atoms with Crippen molar-refractivity contribution < 1.29 is 65.7 Å². The summed E-state index contributed by atoms with van der Waals surface area (Å²) in [5.41, 5.74) is 1.16. The summed E-state index contributed by atoms with van der Waals surface area (Å²) in [7, 11) is -4.81. The van der Waals surface area contributed by atoms with Crippen LogP contribution in [0.15, 0.2) is 24.3 Å². The van der Waals surface area contributed by atoms with Gasteiger partial charge in [0.25, 0.3) is 0 Å². The van der Waals surface area contributed by atoms with Gasteiger partial charge in [-0.3, -0.25) is 4.90 Å². The molecule has 2 atom stereocenters.